The van der Waals surface area contributed by atoms with Crippen LogP contribution < -0.4 is 5.32 Å². The summed E-state index contributed by atoms with van der Waals surface area (Å²) in [5.41, 5.74) is 0.852. The molecule has 1 fully saturated rings. The van der Waals surface area contributed by atoms with Crippen molar-refractivity contribution in [1.82, 2.24) is 9.62 Å². The highest BCUT2D eigenvalue weighted by Gasteiger charge is 2.22. The number of nitrogens with one attached hydrogen (secondary N) is 1. The highest BCUT2D eigenvalue weighted by molar-refractivity contribution is 7.88. The number of rotatable bonds is 3. The number of sulfonamides is 1. The molecule has 6 heteroatoms. The molecule has 0 unspecified atom stereocenters. The standard InChI is InChI=1S/C12H18N2O2S.ClH/c15-17(16,11-12-5-2-1-3-6-12)14-9-4-7-13-8-10-14;/h1-3,5-6,13H,4,7-11H2;1H. The van der Waals surface area contributed by atoms with E-state index in [2.05, 4.69) is 5.32 Å². The number of hydrogen-bond acceptors (Lipinski definition) is 3. The van der Waals surface area contributed by atoms with Gasteiger partial charge in [-0.15, -0.1) is 12.4 Å². The van der Waals surface area contributed by atoms with Gasteiger partial charge >= 0.3 is 0 Å². The Kier molecular flexibility index (Phi) is 6.08. The van der Waals surface area contributed by atoms with Crippen molar-refractivity contribution in [2.45, 2.75) is 12.2 Å². The van der Waals surface area contributed by atoms with Crippen molar-refractivity contribution in [1.29, 1.82) is 0 Å². The predicted octanol–water partition coefficient (Wildman–Crippen LogP) is 1.23. The molecule has 0 amide bonds. The fourth-order valence-electron chi connectivity index (χ4n) is 1.98. The van der Waals surface area contributed by atoms with Gasteiger partial charge in [0.15, 0.2) is 0 Å². The molecule has 0 radical (unpaired) electrons. The van der Waals surface area contributed by atoms with Gasteiger partial charge < -0.3 is 5.32 Å². The molecule has 1 saturated heterocycles. The lowest BCUT2D eigenvalue weighted by Gasteiger charge is -2.19. The van der Waals surface area contributed by atoms with E-state index >= 15 is 0 Å². The third-order valence-electron chi connectivity index (χ3n) is 2.88. The van der Waals surface area contributed by atoms with E-state index in [1.165, 1.54) is 0 Å². The molecule has 2 rings (SSSR count). The zero-order chi connectivity index (χ0) is 12.1. The first-order valence-corrected chi connectivity index (χ1v) is 7.52. The number of nitrogens with zero attached hydrogens (tertiary/aromatic N) is 1. The van der Waals surface area contributed by atoms with Gasteiger partial charge in [-0.1, -0.05) is 30.3 Å². The van der Waals surface area contributed by atoms with Gasteiger partial charge in [0.2, 0.25) is 10.0 Å². The second kappa shape index (κ2) is 7.09. The normalized spacial score (nSPS) is 17.8. The van der Waals surface area contributed by atoms with Gasteiger partial charge in [0.05, 0.1) is 5.75 Å². The second-order valence-corrected chi connectivity index (χ2v) is 6.21. The topological polar surface area (TPSA) is 49.4 Å². The lowest BCUT2D eigenvalue weighted by atomic mass is 10.2. The molecule has 1 N–H and O–H groups in total. The lowest BCUT2D eigenvalue weighted by Crippen LogP contribution is -2.35. The lowest BCUT2D eigenvalue weighted by molar-refractivity contribution is 0.431. The fraction of sp³-hybridized carbons (Fsp3) is 0.500. The number of halogens is 1. The summed E-state index contributed by atoms with van der Waals surface area (Å²) in [6.07, 6.45) is 0.883. The van der Waals surface area contributed by atoms with Gasteiger partial charge in [-0.05, 0) is 18.5 Å². The Morgan fingerprint density at radius 1 is 1.11 bits per heavy atom. The fourth-order valence-corrected chi connectivity index (χ4v) is 3.55. The highest BCUT2D eigenvalue weighted by Crippen LogP contribution is 2.11. The second-order valence-electron chi connectivity index (χ2n) is 4.24. The molecule has 1 aliphatic heterocycles. The van der Waals surface area contributed by atoms with E-state index < -0.39 is 10.0 Å². The van der Waals surface area contributed by atoms with Crippen molar-refractivity contribution >= 4 is 22.4 Å². The summed E-state index contributed by atoms with van der Waals surface area (Å²) in [6, 6.07) is 9.34. The smallest absolute Gasteiger partial charge is 0.218 e. The first-order chi connectivity index (χ1) is 8.18. The average Bonchev–Trinajstić information content (AvgIpc) is 2.58. The van der Waals surface area contributed by atoms with Crippen molar-refractivity contribution < 1.29 is 8.42 Å². The van der Waals surface area contributed by atoms with Crippen LogP contribution >= 0.6 is 12.4 Å². The molecule has 18 heavy (non-hydrogen) atoms. The van der Waals surface area contributed by atoms with Gasteiger partial charge in [0, 0.05) is 19.6 Å². The van der Waals surface area contributed by atoms with E-state index in [0.29, 0.717) is 13.1 Å². The number of benzene rings is 1. The van der Waals surface area contributed by atoms with Crippen LogP contribution in [0.1, 0.15) is 12.0 Å². The minimum Gasteiger partial charge on any atom is -0.315 e. The van der Waals surface area contributed by atoms with Crippen LogP contribution in [0, 0.1) is 0 Å². The summed E-state index contributed by atoms with van der Waals surface area (Å²) in [4.78, 5) is 0. The molecule has 0 aromatic heterocycles. The van der Waals surface area contributed by atoms with Crippen LogP contribution in [0.15, 0.2) is 30.3 Å². The van der Waals surface area contributed by atoms with E-state index in [1.54, 1.807) is 4.31 Å². The minimum atomic E-state index is -3.17. The van der Waals surface area contributed by atoms with Crippen LogP contribution in [0.4, 0.5) is 0 Å². The molecule has 1 aromatic carbocycles. The van der Waals surface area contributed by atoms with Crippen LogP contribution in [-0.2, 0) is 15.8 Å². The van der Waals surface area contributed by atoms with Crippen LogP contribution in [0.2, 0.25) is 0 Å². The van der Waals surface area contributed by atoms with Crippen molar-refractivity contribution in [2.75, 3.05) is 26.2 Å². The Balaban J connectivity index is 0.00000162. The third-order valence-corrected chi connectivity index (χ3v) is 4.73. The summed E-state index contributed by atoms with van der Waals surface area (Å²) in [5.74, 6) is 0.105. The van der Waals surface area contributed by atoms with Gasteiger partial charge in [0.1, 0.15) is 0 Å². The molecule has 4 nitrogen and oxygen atoms in total. The maximum atomic E-state index is 12.2. The number of hydrogen-bond donors (Lipinski definition) is 1. The van der Waals surface area contributed by atoms with Crippen molar-refractivity contribution in [3.63, 3.8) is 0 Å². The molecule has 1 aliphatic rings. The monoisotopic (exact) mass is 290 g/mol. The average molecular weight is 291 g/mol. The Morgan fingerprint density at radius 2 is 1.83 bits per heavy atom. The maximum absolute atomic E-state index is 12.2. The predicted molar refractivity (Wildman–Crippen MR) is 75.4 cm³/mol. The van der Waals surface area contributed by atoms with E-state index in [9.17, 15) is 8.42 Å². The molecule has 0 atom stereocenters. The quantitative estimate of drug-likeness (QED) is 0.911. The van der Waals surface area contributed by atoms with Crippen molar-refractivity contribution in [3.8, 4) is 0 Å². The van der Waals surface area contributed by atoms with E-state index in [-0.39, 0.29) is 18.2 Å². The molecule has 0 aliphatic carbocycles. The summed E-state index contributed by atoms with van der Waals surface area (Å²) in [6.45, 7) is 2.85. The SMILES string of the molecule is Cl.O=S(=O)(Cc1ccccc1)N1CCCNCC1. The van der Waals surface area contributed by atoms with Crippen molar-refractivity contribution in [3.05, 3.63) is 35.9 Å². The minimum absolute atomic E-state index is 0. The molecule has 0 bridgehead atoms. The molecule has 1 aromatic rings. The molecular formula is C12H19ClN2O2S. The first kappa shape index (κ1) is 15.4. The first-order valence-electron chi connectivity index (χ1n) is 5.91. The molecule has 102 valence electrons. The molecule has 0 saturated carbocycles. The van der Waals surface area contributed by atoms with Gasteiger partial charge in [0.25, 0.3) is 0 Å². The van der Waals surface area contributed by atoms with Crippen LogP contribution in [0.25, 0.3) is 0 Å². The summed E-state index contributed by atoms with van der Waals surface area (Å²) < 4.78 is 26.0. The van der Waals surface area contributed by atoms with Crippen molar-refractivity contribution in [2.24, 2.45) is 0 Å². The maximum Gasteiger partial charge on any atom is 0.218 e. The highest BCUT2D eigenvalue weighted by atomic mass is 35.5. The molecular weight excluding hydrogens is 272 g/mol. The zero-order valence-corrected chi connectivity index (χ0v) is 11.8. The summed E-state index contributed by atoms with van der Waals surface area (Å²) >= 11 is 0. The van der Waals surface area contributed by atoms with E-state index in [1.807, 2.05) is 30.3 Å². The molecule has 0 spiro atoms. The largest absolute Gasteiger partial charge is 0.315 e. The Bertz CT molecular complexity index is 442. The van der Waals surface area contributed by atoms with Gasteiger partial charge in [-0.2, -0.15) is 0 Å². The zero-order valence-electron chi connectivity index (χ0n) is 10.2. The Morgan fingerprint density at radius 3 is 2.56 bits per heavy atom. The van der Waals surface area contributed by atoms with E-state index in [0.717, 1.165) is 25.1 Å². The van der Waals surface area contributed by atoms with Crippen LogP contribution in [0.3, 0.4) is 0 Å². The van der Waals surface area contributed by atoms with Gasteiger partial charge in [-0.25, -0.2) is 12.7 Å². The van der Waals surface area contributed by atoms with E-state index in [4.69, 9.17) is 0 Å². The summed E-state index contributed by atoms with van der Waals surface area (Å²) in [7, 11) is -3.17. The Labute approximate surface area is 115 Å². The Hall–Kier alpha value is -0.620. The van der Waals surface area contributed by atoms with Gasteiger partial charge in [-0.3, -0.25) is 0 Å². The molecule has 1 heterocycles. The van der Waals surface area contributed by atoms with Crippen LogP contribution in [0.5, 0.6) is 0 Å². The summed E-state index contributed by atoms with van der Waals surface area (Å²) in [5, 5.41) is 3.21. The van der Waals surface area contributed by atoms with Crippen LogP contribution in [-0.4, -0.2) is 38.9 Å². The third kappa shape index (κ3) is 4.24.